The van der Waals surface area contributed by atoms with Gasteiger partial charge in [0.25, 0.3) is 0 Å². The Morgan fingerprint density at radius 1 is 1.26 bits per heavy atom. The number of benzene rings is 1. The summed E-state index contributed by atoms with van der Waals surface area (Å²) in [4.78, 5) is 13.7. The minimum atomic E-state index is 0.197. The van der Waals surface area contributed by atoms with Crippen molar-refractivity contribution in [3.05, 3.63) is 42.2 Å². The Morgan fingerprint density at radius 3 is 2.78 bits per heavy atom. The van der Waals surface area contributed by atoms with Crippen LogP contribution < -0.4 is 5.32 Å². The Morgan fingerprint density at radius 2 is 2.04 bits per heavy atom. The number of nitrogens with one attached hydrogen (secondary N) is 1. The minimum absolute atomic E-state index is 0.197. The molecule has 2 aromatic rings. The molecule has 2 rings (SSSR count). The van der Waals surface area contributed by atoms with E-state index in [0.29, 0.717) is 6.42 Å². The molecule has 0 saturated carbocycles. The molecule has 0 fully saturated rings. The standard InChI is InChI=1S/C18H25N3O2/c1-19-12-6-11-18(22)21(2)13-7-10-16-14-17(20-23-16)15-8-4-3-5-9-15/h3-5,8-9,14,19H,6-7,10-13H2,1-2H3. The van der Waals surface area contributed by atoms with Crippen molar-refractivity contribution in [2.24, 2.45) is 0 Å². The number of rotatable bonds is 9. The van der Waals surface area contributed by atoms with Crippen LogP contribution in [0.2, 0.25) is 0 Å². The van der Waals surface area contributed by atoms with Gasteiger partial charge < -0.3 is 14.7 Å². The van der Waals surface area contributed by atoms with E-state index in [0.717, 1.165) is 49.4 Å². The van der Waals surface area contributed by atoms with Gasteiger partial charge in [-0.2, -0.15) is 0 Å². The number of carbonyl (C=O) groups is 1. The number of aromatic nitrogens is 1. The maximum Gasteiger partial charge on any atom is 0.222 e. The molecule has 1 aromatic carbocycles. The molecule has 1 N–H and O–H groups in total. The van der Waals surface area contributed by atoms with E-state index in [1.165, 1.54) is 0 Å². The average molecular weight is 315 g/mol. The van der Waals surface area contributed by atoms with Crippen molar-refractivity contribution in [1.82, 2.24) is 15.4 Å². The summed E-state index contributed by atoms with van der Waals surface area (Å²) in [6.45, 7) is 1.61. The molecule has 5 heteroatoms. The molecule has 0 aliphatic carbocycles. The highest BCUT2D eigenvalue weighted by Crippen LogP contribution is 2.19. The summed E-state index contributed by atoms with van der Waals surface area (Å²) in [5, 5.41) is 7.16. The first-order chi connectivity index (χ1) is 11.2. The number of carbonyl (C=O) groups excluding carboxylic acids is 1. The van der Waals surface area contributed by atoms with Crippen molar-refractivity contribution >= 4 is 5.91 Å². The molecule has 0 spiro atoms. The summed E-state index contributed by atoms with van der Waals surface area (Å²) in [5.41, 5.74) is 1.91. The van der Waals surface area contributed by atoms with Gasteiger partial charge in [0, 0.05) is 38.1 Å². The molecule has 0 unspecified atom stereocenters. The Labute approximate surface area is 137 Å². The van der Waals surface area contributed by atoms with Crippen LogP contribution >= 0.6 is 0 Å². The van der Waals surface area contributed by atoms with Crippen molar-refractivity contribution in [2.45, 2.75) is 25.7 Å². The summed E-state index contributed by atoms with van der Waals surface area (Å²) in [6, 6.07) is 12.0. The summed E-state index contributed by atoms with van der Waals surface area (Å²) in [6.07, 6.45) is 3.13. The number of nitrogens with zero attached hydrogens (tertiary/aromatic N) is 2. The van der Waals surface area contributed by atoms with Gasteiger partial charge in [0.15, 0.2) is 0 Å². The van der Waals surface area contributed by atoms with Crippen molar-refractivity contribution in [3.8, 4) is 11.3 Å². The highest BCUT2D eigenvalue weighted by Gasteiger charge is 2.10. The summed E-state index contributed by atoms with van der Waals surface area (Å²) < 4.78 is 5.38. The zero-order valence-corrected chi connectivity index (χ0v) is 13.9. The summed E-state index contributed by atoms with van der Waals surface area (Å²) in [5.74, 6) is 1.06. The number of aryl methyl sites for hydroxylation is 1. The lowest BCUT2D eigenvalue weighted by Gasteiger charge is -2.16. The van der Waals surface area contributed by atoms with Crippen LogP contribution in [0.25, 0.3) is 11.3 Å². The molecule has 1 aromatic heterocycles. The third-order valence-corrected chi connectivity index (χ3v) is 3.79. The predicted octanol–water partition coefficient (Wildman–Crippen LogP) is 2.73. The lowest BCUT2D eigenvalue weighted by Crippen LogP contribution is -2.28. The monoisotopic (exact) mass is 315 g/mol. The van der Waals surface area contributed by atoms with Gasteiger partial charge in [0.05, 0.1) is 0 Å². The third-order valence-electron chi connectivity index (χ3n) is 3.79. The van der Waals surface area contributed by atoms with Crippen LogP contribution in [-0.4, -0.2) is 43.1 Å². The number of hydrogen-bond acceptors (Lipinski definition) is 4. The minimum Gasteiger partial charge on any atom is -0.361 e. The highest BCUT2D eigenvalue weighted by atomic mass is 16.5. The Hall–Kier alpha value is -2.14. The smallest absolute Gasteiger partial charge is 0.222 e. The molecule has 0 radical (unpaired) electrons. The molecule has 0 aliphatic rings. The van der Waals surface area contributed by atoms with Gasteiger partial charge in [-0.25, -0.2) is 0 Å². The van der Waals surface area contributed by atoms with Crippen LogP contribution in [-0.2, 0) is 11.2 Å². The second-order valence-electron chi connectivity index (χ2n) is 5.67. The van der Waals surface area contributed by atoms with Crippen molar-refractivity contribution < 1.29 is 9.32 Å². The van der Waals surface area contributed by atoms with E-state index in [4.69, 9.17) is 4.52 Å². The van der Waals surface area contributed by atoms with Crippen LogP contribution in [0.15, 0.2) is 40.9 Å². The predicted molar refractivity (Wildman–Crippen MR) is 91.1 cm³/mol. The molecule has 124 valence electrons. The van der Waals surface area contributed by atoms with Crippen LogP contribution in [0, 0.1) is 0 Å². The SMILES string of the molecule is CNCCCC(=O)N(C)CCCc1cc(-c2ccccc2)no1. The molecular formula is C18H25N3O2. The molecular weight excluding hydrogens is 290 g/mol. The van der Waals surface area contributed by atoms with E-state index in [1.807, 2.05) is 50.5 Å². The molecule has 1 amide bonds. The maximum absolute atomic E-state index is 11.9. The van der Waals surface area contributed by atoms with E-state index in [2.05, 4.69) is 10.5 Å². The first-order valence-corrected chi connectivity index (χ1v) is 8.10. The van der Waals surface area contributed by atoms with Gasteiger partial charge >= 0.3 is 0 Å². The zero-order chi connectivity index (χ0) is 16.5. The maximum atomic E-state index is 11.9. The quantitative estimate of drug-likeness (QED) is 0.723. The largest absolute Gasteiger partial charge is 0.361 e. The van der Waals surface area contributed by atoms with Crippen molar-refractivity contribution in [3.63, 3.8) is 0 Å². The molecule has 1 heterocycles. The molecule has 5 nitrogen and oxygen atoms in total. The molecule has 0 saturated heterocycles. The Bertz CT molecular complexity index is 595. The molecule has 23 heavy (non-hydrogen) atoms. The molecule has 0 aliphatic heterocycles. The number of amides is 1. The van der Waals surface area contributed by atoms with E-state index >= 15 is 0 Å². The van der Waals surface area contributed by atoms with Gasteiger partial charge in [-0.1, -0.05) is 35.5 Å². The van der Waals surface area contributed by atoms with Crippen LogP contribution in [0.3, 0.4) is 0 Å². The normalized spacial score (nSPS) is 10.7. The van der Waals surface area contributed by atoms with Crippen molar-refractivity contribution in [2.75, 3.05) is 27.2 Å². The zero-order valence-electron chi connectivity index (χ0n) is 13.9. The molecule has 0 atom stereocenters. The first-order valence-electron chi connectivity index (χ1n) is 8.10. The fourth-order valence-corrected chi connectivity index (χ4v) is 2.40. The highest BCUT2D eigenvalue weighted by molar-refractivity contribution is 5.75. The van der Waals surface area contributed by atoms with Gasteiger partial charge in [0.1, 0.15) is 11.5 Å². The second-order valence-corrected chi connectivity index (χ2v) is 5.67. The third kappa shape index (κ3) is 5.53. The van der Waals surface area contributed by atoms with Crippen molar-refractivity contribution in [1.29, 1.82) is 0 Å². The lowest BCUT2D eigenvalue weighted by atomic mass is 10.1. The van der Waals surface area contributed by atoms with Crippen LogP contribution in [0.1, 0.15) is 25.0 Å². The van der Waals surface area contributed by atoms with E-state index < -0.39 is 0 Å². The first kappa shape index (κ1) is 17.2. The van der Waals surface area contributed by atoms with Crippen LogP contribution in [0.5, 0.6) is 0 Å². The van der Waals surface area contributed by atoms with E-state index in [9.17, 15) is 4.79 Å². The summed E-state index contributed by atoms with van der Waals surface area (Å²) in [7, 11) is 3.76. The average Bonchev–Trinajstić information content (AvgIpc) is 3.04. The number of hydrogen-bond donors (Lipinski definition) is 1. The van der Waals surface area contributed by atoms with Gasteiger partial charge in [-0.05, 0) is 26.4 Å². The van der Waals surface area contributed by atoms with Crippen LogP contribution in [0.4, 0.5) is 0 Å². The fraction of sp³-hybridized carbons (Fsp3) is 0.444. The van der Waals surface area contributed by atoms with Gasteiger partial charge in [0.2, 0.25) is 5.91 Å². The lowest BCUT2D eigenvalue weighted by molar-refractivity contribution is -0.130. The van der Waals surface area contributed by atoms with Gasteiger partial charge in [-0.3, -0.25) is 4.79 Å². The topological polar surface area (TPSA) is 58.4 Å². The van der Waals surface area contributed by atoms with E-state index in [-0.39, 0.29) is 5.91 Å². The Balaban J connectivity index is 1.74. The van der Waals surface area contributed by atoms with Gasteiger partial charge in [-0.15, -0.1) is 0 Å². The fourth-order valence-electron chi connectivity index (χ4n) is 2.40. The summed E-state index contributed by atoms with van der Waals surface area (Å²) >= 11 is 0. The Kier molecular flexibility index (Phi) is 6.81. The molecule has 0 bridgehead atoms. The second kappa shape index (κ2) is 9.10. The van der Waals surface area contributed by atoms with E-state index in [1.54, 1.807) is 4.90 Å².